The number of nitrogens with zero attached hydrogens (tertiary/aromatic N) is 4. The van der Waals surface area contributed by atoms with Gasteiger partial charge in [0.2, 0.25) is 0 Å². The molecule has 3 aromatic rings. The summed E-state index contributed by atoms with van der Waals surface area (Å²) < 4.78 is 5.29. The molecule has 27 heavy (non-hydrogen) atoms. The van der Waals surface area contributed by atoms with E-state index in [1.807, 2.05) is 6.07 Å². The molecular weight excluding hydrogens is 356 g/mol. The van der Waals surface area contributed by atoms with E-state index >= 15 is 0 Å². The highest BCUT2D eigenvalue weighted by molar-refractivity contribution is 7.17. The molecule has 2 aromatic heterocycles. The average Bonchev–Trinajstić information content (AvgIpc) is 3.13. The van der Waals surface area contributed by atoms with Gasteiger partial charge in [0.15, 0.2) is 5.82 Å². The van der Waals surface area contributed by atoms with Gasteiger partial charge in [-0.15, -0.1) is 17.8 Å². The monoisotopic (exact) mass is 378 g/mol. The van der Waals surface area contributed by atoms with E-state index in [2.05, 4.69) is 45.4 Å². The maximum Gasteiger partial charge on any atom is 0.158 e. The Hall–Kier alpha value is -2.46. The molecule has 0 spiro atoms. The number of thiophene rings is 1. The molecule has 0 saturated carbocycles. The van der Waals surface area contributed by atoms with Gasteiger partial charge < -0.3 is 9.64 Å². The minimum Gasteiger partial charge on any atom is -0.377 e. The number of piperazine rings is 1. The predicted molar refractivity (Wildman–Crippen MR) is 111 cm³/mol. The van der Waals surface area contributed by atoms with Crippen LogP contribution < -0.4 is 4.90 Å². The second kappa shape index (κ2) is 8.05. The lowest BCUT2D eigenvalue weighted by Gasteiger charge is -2.35. The van der Waals surface area contributed by atoms with Crippen molar-refractivity contribution >= 4 is 27.4 Å². The van der Waals surface area contributed by atoms with Gasteiger partial charge in [-0.05, 0) is 5.56 Å². The molecule has 4 rings (SSSR count). The van der Waals surface area contributed by atoms with Crippen molar-refractivity contribution in [2.45, 2.75) is 6.61 Å². The highest BCUT2D eigenvalue weighted by Crippen LogP contribution is 2.38. The minimum atomic E-state index is 0.415. The molecule has 0 atom stereocenters. The SMILES string of the molecule is C#CCN1CCN(c2nc(COC)nc3scc(-c4ccccc4)c23)CC1. The molecular formula is C21H22N4OS. The number of terminal acetylenes is 1. The van der Waals surface area contributed by atoms with Gasteiger partial charge in [0.1, 0.15) is 17.3 Å². The van der Waals surface area contributed by atoms with Crippen molar-refractivity contribution in [3.63, 3.8) is 0 Å². The summed E-state index contributed by atoms with van der Waals surface area (Å²) in [5.74, 6) is 4.48. The summed E-state index contributed by atoms with van der Waals surface area (Å²) in [5.41, 5.74) is 2.39. The number of rotatable bonds is 5. The maximum absolute atomic E-state index is 5.46. The number of anilines is 1. The van der Waals surface area contributed by atoms with E-state index in [4.69, 9.17) is 21.1 Å². The van der Waals surface area contributed by atoms with Crippen molar-refractivity contribution in [2.75, 3.05) is 44.7 Å². The fourth-order valence-corrected chi connectivity index (χ4v) is 4.43. The summed E-state index contributed by atoms with van der Waals surface area (Å²) in [7, 11) is 1.68. The fourth-order valence-electron chi connectivity index (χ4n) is 3.47. The van der Waals surface area contributed by atoms with Crippen LogP contribution in [0.25, 0.3) is 21.3 Å². The van der Waals surface area contributed by atoms with Crippen molar-refractivity contribution < 1.29 is 4.74 Å². The van der Waals surface area contributed by atoms with Crippen LogP contribution in [0.3, 0.4) is 0 Å². The van der Waals surface area contributed by atoms with Gasteiger partial charge in [-0.25, -0.2) is 9.97 Å². The third kappa shape index (κ3) is 3.67. The molecule has 5 nitrogen and oxygen atoms in total. The summed E-state index contributed by atoms with van der Waals surface area (Å²) in [6.45, 7) is 4.82. The van der Waals surface area contributed by atoms with Crippen molar-refractivity contribution in [3.05, 3.63) is 41.5 Å². The fraction of sp³-hybridized carbons (Fsp3) is 0.333. The van der Waals surface area contributed by atoms with Crippen molar-refractivity contribution in [1.29, 1.82) is 0 Å². The largest absolute Gasteiger partial charge is 0.377 e. The zero-order chi connectivity index (χ0) is 18.6. The lowest BCUT2D eigenvalue weighted by molar-refractivity contribution is 0.178. The van der Waals surface area contributed by atoms with Crippen LogP contribution in [0, 0.1) is 12.3 Å². The Kier molecular flexibility index (Phi) is 5.35. The Balaban J connectivity index is 1.77. The Morgan fingerprint density at radius 1 is 1.15 bits per heavy atom. The van der Waals surface area contributed by atoms with Crippen LogP contribution in [0.5, 0.6) is 0 Å². The van der Waals surface area contributed by atoms with Gasteiger partial charge in [0, 0.05) is 44.2 Å². The van der Waals surface area contributed by atoms with Crippen LogP contribution in [0.15, 0.2) is 35.7 Å². The average molecular weight is 379 g/mol. The third-order valence-corrected chi connectivity index (χ3v) is 5.68. The van der Waals surface area contributed by atoms with E-state index in [0.717, 1.165) is 48.0 Å². The molecule has 0 unspecified atom stereocenters. The first kappa shape index (κ1) is 17.9. The van der Waals surface area contributed by atoms with E-state index in [0.29, 0.717) is 13.2 Å². The quantitative estimate of drug-likeness (QED) is 0.638. The van der Waals surface area contributed by atoms with E-state index in [1.54, 1.807) is 18.4 Å². The van der Waals surface area contributed by atoms with Gasteiger partial charge in [-0.3, -0.25) is 4.90 Å². The molecule has 0 aliphatic carbocycles. The van der Waals surface area contributed by atoms with Crippen LogP contribution in [-0.2, 0) is 11.3 Å². The minimum absolute atomic E-state index is 0.415. The van der Waals surface area contributed by atoms with Crippen LogP contribution >= 0.6 is 11.3 Å². The van der Waals surface area contributed by atoms with Gasteiger partial charge in [-0.2, -0.15) is 0 Å². The molecule has 0 amide bonds. The van der Waals surface area contributed by atoms with E-state index < -0.39 is 0 Å². The Bertz CT molecular complexity index is 955. The molecule has 1 aromatic carbocycles. The lowest BCUT2D eigenvalue weighted by Crippen LogP contribution is -2.46. The smallest absolute Gasteiger partial charge is 0.158 e. The van der Waals surface area contributed by atoms with Crippen LogP contribution in [0.2, 0.25) is 0 Å². The second-order valence-corrected chi connectivity index (χ2v) is 7.42. The maximum atomic E-state index is 5.46. The first-order chi connectivity index (χ1) is 13.3. The van der Waals surface area contributed by atoms with Gasteiger partial charge in [-0.1, -0.05) is 36.3 Å². The summed E-state index contributed by atoms with van der Waals surface area (Å²) in [6.07, 6.45) is 5.46. The van der Waals surface area contributed by atoms with Gasteiger partial charge in [0.25, 0.3) is 0 Å². The zero-order valence-electron chi connectivity index (χ0n) is 15.4. The second-order valence-electron chi connectivity index (χ2n) is 6.56. The molecule has 0 N–H and O–H groups in total. The summed E-state index contributed by atoms with van der Waals surface area (Å²) >= 11 is 1.67. The van der Waals surface area contributed by atoms with Crippen LogP contribution in [-0.4, -0.2) is 54.7 Å². The molecule has 1 fully saturated rings. The lowest BCUT2D eigenvalue weighted by atomic mass is 10.1. The molecule has 6 heteroatoms. The number of ether oxygens (including phenoxy) is 1. The third-order valence-electron chi connectivity index (χ3n) is 4.81. The predicted octanol–water partition coefficient (Wildman–Crippen LogP) is 3.26. The van der Waals surface area contributed by atoms with Crippen LogP contribution in [0.4, 0.5) is 5.82 Å². The molecule has 1 saturated heterocycles. The molecule has 0 radical (unpaired) electrons. The summed E-state index contributed by atoms with van der Waals surface area (Å²) in [5, 5.41) is 3.32. The first-order valence-electron chi connectivity index (χ1n) is 9.03. The highest BCUT2D eigenvalue weighted by Gasteiger charge is 2.23. The van der Waals surface area contributed by atoms with E-state index in [-0.39, 0.29) is 0 Å². The number of methoxy groups -OCH3 is 1. The van der Waals surface area contributed by atoms with Crippen molar-refractivity contribution in [3.8, 4) is 23.5 Å². The molecule has 0 bridgehead atoms. The zero-order valence-corrected chi connectivity index (χ0v) is 16.2. The Morgan fingerprint density at radius 3 is 2.63 bits per heavy atom. The molecule has 3 heterocycles. The van der Waals surface area contributed by atoms with E-state index in [9.17, 15) is 0 Å². The number of hydrogen-bond donors (Lipinski definition) is 0. The van der Waals surface area contributed by atoms with Gasteiger partial charge >= 0.3 is 0 Å². The summed E-state index contributed by atoms with van der Waals surface area (Å²) in [6, 6.07) is 10.4. The standard InChI is InChI=1S/C21H22N4OS/c1-3-9-24-10-12-25(13-11-24)20-19-17(16-7-5-4-6-8-16)15-27-21(19)23-18(22-20)14-26-2/h1,4-8,15H,9-14H2,2H3. The Morgan fingerprint density at radius 2 is 1.93 bits per heavy atom. The topological polar surface area (TPSA) is 41.5 Å². The summed E-state index contributed by atoms with van der Waals surface area (Å²) in [4.78, 5) is 15.3. The molecule has 1 aliphatic rings. The van der Waals surface area contributed by atoms with E-state index in [1.165, 1.54) is 11.1 Å². The number of aromatic nitrogens is 2. The number of hydrogen-bond acceptors (Lipinski definition) is 6. The number of fused-ring (bicyclic) bond motifs is 1. The first-order valence-corrected chi connectivity index (χ1v) is 9.91. The van der Waals surface area contributed by atoms with Crippen LogP contribution in [0.1, 0.15) is 5.82 Å². The van der Waals surface area contributed by atoms with Crippen molar-refractivity contribution in [1.82, 2.24) is 14.9 Å². The molecule has 138 valence electrons. The van der Waals surface area contributed by atoms with Crippen molar-refractivity contribution in [2.24, 2.45) is 0 Å². The molecule has 1 aliphatic heterocycles. The highest BCUT2D eigenvalue weighted by atomic mass is 32.1. The normalized spacial score (nSPS) is 15.2. The van der Waals surface area contributed by atoms with Gasteiger partial charge in [0.05, 0.1) is 11.9 Å². The number of benzene rings is 1. The Labute approximate surface area is 163 Å².